The number of benzene rings is 1. The molecule has 0 aliphatic carbocycles. The van der Waals surface area contributed by atoms with Crippen LogP contribution in [-0.2, 0) is 10.5 Å². The summed E-state index contributed by atoms with van der Waals surface area (Å²) in [5, 5.41) is 3.94. The molecule has 0 radical (unpaired) electrons. The van der Waals surface area contributed by atoms with E-state index in [1.807, 2.05) is 45.0 Å². The highest BCUT2D eigenvalue weighted by Gasteiger charge is 2.13. The summed E-state index contributed by atoms with van der Waals surface area (Å²) >= 11 is 1.65. The Kier molecular flexibility index (Phi) is 6.07. The van der Waals surface area contributed by atoms with E-state index >= 15 is 0 Å². The highest BCUT2D eigenvalue weighted by molar-refractivity contribution is 7.98. The SMILES string of the molecule is CCOc1ccc(SCc2nc([C@H](C)OCC)no2)cc1. The van der Waals surface area contributed by atoms with Gasteiger partial charge in [0.25, 0.3) is 0 Å². The van der Waals surface area contributed by atoms with Gasteiger partial charge in [0.2, 0.25) is 5.89 Å². The summed E-state index contributed by atoms with van der Waals surface area (Å²) in [6, 6.07) is 7.97. The largest absolute Gasteiger partial charge is 0.494 e. The second-order valence-electron chi connectivity index (χ2n) is 4.34. The molecule has 1 aromatic heterocycles. The van der Waals surface area contributed by atoms with Gasteiger partial charge in [-0.2, -0.15) is 4.98 Å². The van der Waals surface area contributed by atoms with Crippen LogP contribution in [0.25, 0.3) is 0 Å². The van der Waals surface area contributed by atoms with E-state index in [0.29, 0.717) is 30.7 Å². The zero-order valence-corrected chi connectivity index (χ0v) is 13.4. The number of hydrogen-bond acceptors (Lipinski definition) is 6. The third kappa shape index (κ3) is 4.75. The molecule has 1 heterocycles. The molecule has 0 spiro atoms. The van der Waals surface area contributed by atoms with Crippen LogP contribution in [-0.4, -0.2) is 23.4 Å². The smallest absolute Gasteiger partial charge is 0.237 e. The highest BCUT2D eigenvalue weighted by atomic mass is 32.2. The van der Waals surface area contributed by atoms with Gasteiger partial charge in [0.1, 0.15) is 11.9 Å². The van der Waals surface area contributed by atoms with Crippen LogP contribution < -0.4 is 4.74 Å². The van der Waals surface area contributed by atoms with E-state index in [0.717, 1.165) is 10.6 Å². The van der Waals surface area contributed by atoms with Gasteiger partial charge in [-0.3, -0.25) is 0 Å². The van der Waals surface area contributed by atoms with Gasteiger partial charge in [0, 0.05) is 11.5 Å². The molecule has 0 bridgehead atoms. The van der Waals surface area contributed by atoms with E-state index in [9.17, 15) is 0 Å². The quantitative estimate of drug-likeness (QED) is 0.690. The van der Waals surface area contributed by atoms with E-state index in [4.69, 9.17) is 14.0 Å². The fraction of sp³-hybridized carbons (Fsp3) is 0.467. The van der Waals surface area contributed by atoms with Gasteiger partial charge in [0.15, 0.2) is 5.82 Å². The van der Waals surface area contributed by atoms with Gasteiger partial charge in [-0.15, -0.1) is 11.8 Å². The summed E-state index contributed by atoms with van der Waals surface area (Å²) < 4.78 is 16.1. The number of nitrogens with zero attached hydrogens (tertiary/aromatic N) is 2. The van der Waals surface area contributed by atoms with Crippen LogP contribution in [0.3, 0.4) is 0 Å². The highest BCUT2D eigenvalue weighted by Crippen LogP contribution is 2.25. The van der Waals surface area contributed by atoms with E-state index in [1.54, 1.807) is 11.8 Å². The molecule has 6 heteroatoms. The maximum atomic E-state index is 5.43. The monoisotopic (exact) mass is 308 g/mol. The van der Waals surface area contributed by atoms with Gasteiger partial charge < -0.3 is 14.0 Å². The molecule has 0 saturated carbocycles. The minimum Gasteiger partial charge on any atom is -0.494 e. The zero-order chi connectivity index (χ0) is 15.1. The van der Waals surface area contributed by atoms with Crippen molar-refractivity contribution >= 4 is 11.8 Å². The number of rotatable bonds is 8. The normalized spacial score (nSPS) is 12.3. The number of aromatic nitrogens is 2. The summed E-state index contributed by atoms with van der Waals surface area (Å²) in [5.41, 5.74) is 0. The van der Waals surface area contributed by atoms with E-state index in [2.05, 4.69) is 10.1 Å². The molecular weight excluding hydrogens is 288 g/mol. The second kappa shape index (κ2) is 8.05. The average molecular weight is 308 g/mol. The van der Waals surface area contributed by atoms with Gasteiger partial charge in [-0.1, -0.05) is 5.16 Å². The standard InChI is InChI=1S/C15H20N2O3S/c1-4-18-11(3)15-16-14(20-17-15)10-21-13-8-6-12(7-9-13)19-5-2/h6-9,11H,4-5,10H2,1-3H3/t11-/m0/s1. The van der Waals surface area contributed by atoms with Crippen molar-refractivity contribution in [2.24, 2.45) is 0 Å². The van der Waals surface area contributed by atoms with Crippen LogP contribution in [0.5, 0.6) is 5.75 Å². The van der Waals surface area contributed by atoms with Crippen LogP contribution in [0.4, 0.5) is 0 Å². The van der Waals surface area contributed by atoms with E-state index in [1.165, 1.54) is 0 Å². The van der Waals surface area contributed by atoms with Crippen molar-refractivity contribution < 1.29 is 14.0 Å². The molecular formula is C15H20N2O3S. The molecule has 1 aromatic carbocycles. The molecule has 0 N–H and O–H groups in total. The Hall–Kier alpha value is -1.53. The summed E-state index contributed by atoms with van der Waals surface area (Å²) in [6.07, 6.45) is -0.136. The first kappa shape index (κ1) is 15.9. The molecule has 21 heavy (non-hydrogen) atoms. The summed E-state index contributed by atoms with van der Waals surface area (Å²) in [7, 11) is 0. The molecule has 0 aliphatic heterocycles. The van der Waals surface area contributed by atoms with Crippen molar-refractivity contribution in [3.8, 4) is 5.75 Å². The van der Waals surface area contributed by atoms with Crippen LogP contribution >= 0.6 is 11.8 Å². The lowest BCUT2D eigenvalue weighted by molar-refractivity contribution is 0.0683. The maximum Gasteiger partial charge on any atom is 0.237 e. The fourth-order valence-electron chi connectivity index (χ4n) is 1.76. The Bertz CT molecular complexity index is 542. The van der Waals surface area contributed by atoms with Gasteiger partial charge in [-0.25, -0.2) is 0 Å². The molecule has 0 saturated heterocycles. The maximum absolute atomic E-state index is 5.43. The van der Waals surface area contributed by atoms with Crippen LogP contribution in [0.1, 0.15) is 38.6 Å². The predicted molar refractivity (Wildman–Crippen MR) is 81.5 cm³/mol. The van der Waals surface area contributed by atoms with Crippen LogP contribution in [0, 0.1) is 0 Å². The average Bonchev–Trinajstić information content (AvgIpc) is 2.96. The third-order valence-corrected chi connectivity index (χ3v) is 3.76. The summed E-state index contributed by atoms with van der Waals surface area (Å²) in [5.74, 6) is 2.72. The third-order valence-electron chi connectivity index (χ3n) is 2.76. The Balaban J connectivity index is 1.88. The Morgan fingerprint density at radius 2 is 1.95 bits per heavy atom. The van der Waals surface area contributed by atoms with Crippen molar-refractivity contribution in [3.63, 3.8) is 0 Å². The molecule has 0 fully saturated rings. The van der Waals surface area contributed by atoms with E-state index in [-0.39, 0.29) is 6.10 Å². The molecule has 1 atom stereocenters. The zero-order valence-electron chi connectivity index (χ0n) is 12.5. The minimum absolute atomic E-state index is 0.136. The molecule has 2 rings (SSSR count). The Labute approximate surface area is 129 Å². The van der Waals surface area contributed by atoms with Crippen molar-refractivity contribution in [1.82, 2.24) is 10.1 Å². The summed E-state index contributed by atoms with van der Waals surface area (Å²) in [6.45, 7) is 7.14. The lowest BCUT2D eigenvalue weighted by atomic mass is 10.3. The lowest BCUT2D eigenvalue weighted by Crippen LogP contribution is -2.01. The summed E-state index contributed by atoms with van der Waals surface area (Å²) in [4.78, 5) is 5.48. The molecule has 2 aromatic rings. The first-order valence-corrected chi connectivity index (χ1v) is 8.01. The van der Waals surface area contributed by atoms with Gasteiger partial charge in [-0.05, 0) is 45.0 Å². The Morgan fingerprint density at radius 1 is 1.19 bits per heavy atom. The van der Waals surface area contributed by atoms with Crippen molar-refractivity contribution in [2.75, 3.05) is 13.2 Å². The Morgan fingerprint density at radius 3 is 2.62 bits per heavy atom. The predicted octanol–water partition coefficient (Wildman–Crippen LogP) is 3.86. The topological polar surface area (TPSA) is 57.4 Å². The molecule has 0 aliphatic rings. The first-order valence-electron chi connectivity index (χ1n) is 7.02. The first-order chi connectivity index (χ1) is 10.2. The van der Waals surface area contributed by atoms with Gasteiger partial charge in [0.05, 0.1) is 12.4 Å². The molecule has 0 amide bonds. The van der Waals surface area contributed by atoms with E-state index < -0.39 is 0 Å². The van der Waals surface area contributed by atoms with Crippen molar-refractivity contribution in [1.29, 1.82) is 0 Å². The number of ether oxygens (including phenoxy) is 2. The molecule has 114 valence electrons. The molecule has 5 nitrogen and oxygen atoms in total. The van der Waals surface area contributed by atoms with Gasteiger partial charge >= 0.3 is 0 Å². The lowest BCUT2D eigenvalue weighted by Gasteiger charge is -2.05. The number of thioether (sulfide) groups is 1. The van der Waals surface area contributed by atoms with Crippen molar-refractivity contribution in [2.45, 2.75) is 37.5 Å². The second-order valence-corrected chi connectivity index (χ2v) is 5.39. The molecule has 0 unspecified atom stereocenters. The number of hydrogen-bond donors (Lipinski definition) is 0. The minimum atomic E-state index is -0.136. The van der Waals surface area contributed by atoms with Crippen LogP contribution in [0.2, 0.25) is 0 Å². The van der Waals surface area contributed by atoms with Crippen LogP contribution in [0.15, 0.2) is 33.7 Å². The van der Waals surface area contributed by atoms with Crippen molar-refractivity contribution in [3.05, 3.63) is 36.0 Å². The fourth-order valence-corrected chi connectivity index (χ4v) is 2.50.